The second kappa shape index (κ2) is 8.69. The molecule has 0 atom stereocenters. The van der Waals surface area contributed by atoms with Gasteiger partial charge in [-0.1, -0.05) is 86.6 Å². The van der Waals surface area contributed by atoms with Gasteiger partial charge in [0.25, 0.3) is 0 Å². The molecule has 0 amide bonds. The first-order valence-corrected chi connectivity index (χ1v) is 13.1. The summed E-state index contributed by atoms with van der Waals surface area (Å²) < 4.78 is 1.25. The lowest BCUT2D eigenvalue weighted by molar-refractivity contribution is 0.660. The maximum absolute atomic E-state index is 2.38. The molecule has 5 aromatic carbocycles. The van der Waals surface area contributed by atoms with Gasteiger partial charge in [0.05, 0.1) is 0 Å². The minimum Gasteiger partial charge on any atom is -0.310 e. The smallest absolute Gasteiger partial charge is 0.0465 e. The van der Waals surface area contributed by atoms with Crippen molar-refractivity contribution in [3.05, 3.63) is 136 Å². The summed E-state index contributed by atoms with van der Waals surface area (Å²) in [5, 5.41) is 0. The van der Waals surface area contributed by atoms with Crippen molar-refractivity contribution in [1.29, 1.82) is 0 Å². The molecule has 0 unspecified atom stereocenters. The van der Waals surface area contributed by atoms with Crippen LogP contribution in [0.5, 0.6) is 0 Å². The van der Waals surface area contributed by atoms with E-state index in [0.717, 1.165) is 11.4 Å². The Kier molecular flexibility index (Phi) is 5.49. The van der Waals surface area contributed by atoms with Crippen LogP contribution in [0.1, 0.15) is 25.0 Å². The number of para-hydroxylation sites is 1. The summed E-state index contributed by atoms with van der Waals surface area (Å²) in [4.78, 5) is 2.36. The number of benzene rings is 5. The van der Waals surface area contributed by atoms with Gasteiger partial charge in [0, 0.05) is 26.0 Å². The summed E-state index contributed by atoms with van der Waals surface area (Å²) in [6.07, 6.45) is 0. The molecule has 1 nitrogen and oxygen atoms in total. The van der Waals surface area contributed by atoms with E-state index < -0.39 is 0 Å². The van der Waals surface area contributed by atoms with Crippen LogP contribution in [-0.2, 0) is 5.41 Å². The quantitative estimate of drug-likeness (QED) is 0.197. The highest BCUT2D eigenvalue weighted by atomic mass is 127. The molecule has 0 radical (unpaired) electrons. The van der Waals surface area contributed by atoms with Gasteiger partial charge < -0.3 is 4.90 Å². The molecule has 0 spiro atoms. The Morgan fingerprint density at radius 3 is 1.77 bits per heavy atom. The van der Waals surface area contributed by atoms with Gasteiger partial charge in [-0.3, -0.25) is 0 Å². The predicted molar refractivity (Wildman–Crippen MR) is 157 cm³/mol. The maximum atomic E-state index is 2.38. The van der Waals surface area contributed by atoms with Crippen LogP contribution < -0.4 is 4.90 Å². The van der Waals surface area contributed by atoms with Crippen LogP contribution in [-0.4, -0.2) is 0 Å². The molecule has 1 aliphatic carbocycles. The standard InChI is InChI=1S/C33H26IN/c1-33(2)31-11-7-6-10-29(31)30-21-20-28(22-32(30)33)35(26-8-4-3-5-9-26)27-18-14-24(15-19-27)23-12-16-25(34)17-13-23/h3-22H,1-2H3. The Labute approximate surface area is 221 Å². The number of fused-ring (bicyclic) bond motifs is 3. The number of rotatable bonds is 4. The van der Waals surface area contributed by atoms with Crippen molar-refractivity contribution >= 4 is 39.7 Å². The van der Waals surface area contributed by atoms with Gasteiger partial charge in [0.1, 0.15) is 0 Å². The number of hydrogen-bond donors (Lipinski definition) is 0. The van der Waals surface area contributed by atoms with Crippen molar-refractivity contribution in [1.82, 2.24) is 0 Å². The summed E-state index contributed by atoms with van der Waals surface area (Å²) in [6, 6.07) is 44.0. The van der Waals surface area contributed by atoms with E-state index in [1.807, 2.05) is 0 Å². The summed E-state index contributed by atoms with van der Waals surface area (Å²) in [6.45, 7) is 4.67. The monoisotopic (exact) mass is 563 g/mol. The van der Waals surface area contributed by atoms with Crippen molar-refractivity contribution in [2.45, 2.75) is 19.3 Å². The Bertz CT molecular complexity index is 1500. The molecule has 1 aliphatic rings. The maximum Gasteiger partial charge on any atom is 0.0465 e. The third kappa shape index (κ3) is 3.86. The highest BCUT2D eigenvalue weighted by molar-refractivity contribution is 14.1. The first kappa shape index (κ1) is 22.1. The third-order valence-corrected chi connectivity index (χ3v) is 7.86. The Morgan fingerprint density at radius 2 is 1.06 bits per heavy atom. The summed E-state index contributed by atoms with van der Waals surface area (Å²) in [5.74, 6) is 0. The van der Waals surface area contributed by atoms with E-state index in [1.165, 1.54) is 42.6 Å². The molecule has 0 saturated carbocycles. The van der Waals surface area contributed by atoms with Gasteiger partial charge in [-0.2, -0.15) is 0 Å². The van der Waals surface area contributed by atoms with Gasteiger partial charge in [-0.25, -0.2) is 0 Å². The zero-order chi connectivity index (χ0) is 24.0. The minimum atomic E-state index is -0.0288. The van der Waals surface area contributed by atoms with Crippen LogP contribution in [0.25, 0.3) is 22.3 Å². The fraction of sp³-hybridized carbons (Fsp3) is 0.0909. The Balaban J connectivity index is 1.45. The highest BCUT2D eigenvalue weighted by Crippen LogP contribution is 2.50. The summed E-state index contributed by atoms with van der Waals surface area (Å²) in [7, 11) is 0. The third-order valence-electron chi connectivity index (χ3n) is 7.14. The molecule has 170 valence electrons. The molecule has 6 rings (SSSR count). The molecule has 0 fully saturated rings. The van der Waals surface area contributed by atoms with Gasteiger partial charge >= 0.3 is 0 Å². The molecule has 0 saturated heterocycles. The average molecular weight is 563 g/mol. The summed E-state index contributed by atoms with van der Waals surface area (Å²) in [5.41, 5.74) is 11.4. The second-order valence-corrected chi connectivity index (χ2v) is 10.9. The van der Waals surface area contributed by atoms with E-state index in [9.17, 15) is 0 Å². The zero-order valence-corrected chi connectivity index (χ0v) is 22.0. The minimum absolute atomic E-state index is 0.0288. The molecule has 0 bridgehead atoms. The molecule has 2 heteroatoms. The predicted octanol–water partition coefficient (Wildman–Crippen LogP) is 9.73. The molecule has 0 aliphatic heterocycles. The van der Waals surface area contributed by atoms with E-state index in [2.05, 4.69) is 163 Å². The number of hydrogen-bond acceptors (Lipinski definition) is 1. The topological polar surface area (TPSA) is 3.24 Å². The van der Waals surface area contributed by atoms with E-state index >= 15 is 0 Å². The fourth-order valence-electron chi connectivity index (χ4n) is 5.30. The Morgan fingerprint density at radius 1 is 0.514 bits per heavy atom. The van der Waals surface area contributed by atoms with Crippen molar-refractivity contribution in [3.63, 3.8) is 0 Å². The Hall–Kier alpha value is -3.37. The van der Waals surface area contributed by atoms with Crippen LogP contribution in [0.2, 0.25) is 0 Å². The average Bonchev–Trinajstić information content (AvgIpc) is 3.12. The normalized spacial score (nSPS) is 13.2. The van der Waals surface area contributed by atoms with Crippen molar-refractivity contribution < 1.29 is 0 Å². The van der Waals surface area contributed by atoms with Gasteiger partial charge in [0.15, 0.2) is 0 Å². The van der Waals surface area contributed by atoms with Crippen LogP contribution in [0.4, 0.5) is 17.1 Å². The largest absolute Gasteiger partial charge is 0.310 e. The van der Waals surface area contributed by atoms with Crippen LogP contribution >= 0.6 is 22.6 Å². The molecule has 35 heavy (non-hydrogen) atoms. The van der Waals surface area contributed by atoms with Crippen molar-refractivity contribution in [2.24, 2.45) is 0 Å². The molecule has 0 N–H and O–H groups in total. The van der Waals surface area contributed by atoms with Crippen molar-refractivity contribution in [2.75, 3.05) is 4.90 Å². The first-order chi connectivity index (χ1) is 17.0. The SMILES string of the molecule is CC1(C)c2ccccc2-c2ccc(N(c3ccccc3)c3ccc(-c4ccc(I)cc4)cc3)cc21. The van der Waals surface area contributed by atoms with E-state index in [0.29, 0.717) is 0 Å². The fourth-order valence-corrected chi connectivity index (χ4v) is 5.66. The summed E-state index contributed by atoms with van der Waals surface area (Å²) >= 11 is 2.35. The van der Waals surface area contributed by atoms with Gasteiger partial charge in [0.2, 0.25) is 0 Å². The highest BCUT2D eigenvalue weighted by Gasteiger charge is 2.35. The molecule has 0 aromatic heterocycles. The number of anilines is 3. The van der Waals surface area contributed by atoms with Crippen molar-refractivity contribution in [3.8, 4) is 22.3 Å². The van der Waals surface area contributed by atoms with Crippen LogP contribution in [0.15, 0.2) is 121 Å². The zero-order valence-electron chi connectivity index (χ0n) is 19.9. The number of nitrogens with zero attached hydrogens (tertiary/aromatic N) is 1. The molecule has 0 heterocycles. The first-order valence-electron chi connectivity index (χ1n) is 12.0. The number of halogens is 1. The second-order valence-electron chi connectivity index (χ2n) is 9.63. The molecule has 5 aromatic rings. The van der Waals surface area contributed by atoms with E-state index in [-0.39, 0.29) is 5.41 Å². The van der Waals surface area contributed by atoms with Crippen LogP contribution in [0, 0.1) is 3.57 Å². The lowest BCUT2D eigenvalue weighted by Crippen LogP contribution is -2.16. The molecular weight excluding hydrogens is 537 g/mol. The van der Waals surface area contributed by atoms with Crippen LogP contribution in [0.3, 0.4) is 0 Å². The van der Waals surface area contributed by atoms with Gasteiger partial charge in [-0.15, -0.1) is 0 Å². The lowest BCUT2D eigenvalue weighted by atomic mass is 9.82. The van der Waals surface area contributed by atoms with E-state index in [1.54, 1.807) is 0 Å². The molecular formula is C33H26IN. The lowest BCUT2D eigenvalue weighted by Gasteiger charge is -2.28. The van der Waals surface area contributed by atoms with Gasteiger partial charge in [-0.05, 0) is 105 Å². The van der Waals surface area contributed by atoms with E-state index in [4.69, 9.17) is 0 Å².